The molecule has 0 radical (unpaired) electrons. The molecule has 0 spiro atoms. The molecule has 5 nitrogen and oxygen atoms in total. The summed E-state index contributed by atoms with van der Waals surface area (Å²) < 4.78 is 0. The predicted octanol–water partition coefficient (Wildman–Crippen LogP) is 0.567. The molecule has 0 aromatic heterocycles. The van der Waals surface area contributed by atoms with Gasteiger partial charge in [-0.1, -0.05) is 23.7 Å². The van der Waals surface area contributed by atoms with Crippen LogP contribution >= 0.6 is 11.6 Å². The first-order valence-electron chi connectivity index (χ1n) is 5.48. The van der Waals surface area contributed by atoms with Gasteiger partial charge in [-0.2, -0.15) is 0 Å². The van der Waals surface area contributed by atoms with Crippen molar-refractivity contribution in [2.24, 2.45) is 0 Å². The van der Waals surface area contributed by atoms with Crippen molar-refractivity contribution in [1.82, 2.24) is 10.6 Å². The second-order valence-electron chi connectivity index (χ2n) is 3.82. The molecule has 18 heavy (non-hydrogen) atoms. The molecule has 0 unspecified atom stereocenters. The molecule has 1 aromatic rings. The number of halogens is 1. The quantitative estimate of drug-likeness (QED) is 0.732. The van der Waals surface area contributed by atoms with Crippen LogP contribution in [0.25, 0.3) is 0 Å². The number of rotatable bonds is 5. The zero-order valence-corrected chi connectivity index (χ0v) is 10.7. The molecule has 98 valence electrons. The van der Waals surface area contributed by atoms with E-state index >= 15 is 0 Å². The van der Waals surface area contributed by atoms with Gasteiger partial charge in [0.05, 0.1) is 23.2 Å². The SMILES string of the molecule is C[C@@H](O)CNC(=O)CNC(=O)c1ccccc1Cl. The first kappa shape index (κ1) is 14.5. The number of benzene rings is 1. The van der Waals surface area contributed by atoms with Crippen LogP contribution in [0.5, 0.6) is 0 Å². The standard InChI is InChI=1S/C12H15ClN2O3/c1-8(16)6-14-11(17)7-15-12(18)9-4-2-3-5-10(9)13/h2-5,8,16H,6-7H2,1H3,(H,14,17)(H,15,18)/t8-/m1/s1. The maximum atomic E-state index is 11.7. The van der Waals surface area contributed by atoms with Crippen molar-refractivity contribution in [2.75, 3.05) is 13.1 Å². The fourth-order valence-electron chi connectivity index (χ4n) is 1.23. The molecule has 0 fully saturated rings. The van der Waals surface area contributed by atoms with Gasteiger partial charge < -0.3 is 15.7 Å². The first-order chi connectivity index (χ1) is 8.50. The summed E-state index contributed by atoms with van der Waals surface area (Å²) in [6.07, 6.45) is -0.617. The number of aliphatic hydroxyl groups is 1. The molecule has 6 heteroatoms. The minimum absolute atomic E-state index is 0.154. The van der Waals surface area contributed by atoms with E-state index in [1.54, 1.807) is 31.2 Å². The molecule has 1 rings (SSSR count). The minimum atomic E-state index is -0.617. The van der Waals surface area contributed by atoms with Crippen LogP contribution in [0.3, 0.4) is 0 Å². The van der Waals surface area contributed by atoms with E-state index in [9.17, 15) is 9.59 Å². The average molecular weight is 271 g/mol. The average Bonchev–Trinajstić information content (AvgIpc) is 2.34. The van der Waals surface area contributed by atoms with E-state index in [0.717, 1.165) is 0 Å². The van der Waals surface area contributed by atoms with Gasteiger partial charge in [0.1, 0.15) is 0 Å². The highest BCUT2D eigenvalue weighted by molar-refractivity contribution is 6.33. The molecular formula is C12H15ClN2O3. The van der Waals surface area contributed by atoms with Crippen molar-refractivity contribution in [1.29, 1.82) is 0 Å². The second kappa shape index (κ2) is 6.98. The van der Waals surface area contributed by atoms with Crippen LogP contribution in [0.15, 0.2) is 24.3 Å². The fourth-order valence-corrected chi connectivity index (χ4v) is 1.45. The predicted molar refractivity (Wildman–Crippen MR) is 68.5 cm³/mol. The Morgan fingerprint density at radius 3 is 2.61 bits per heavy atom. The summed E-state index contributed by atoms with van der Waals surface area (Å²) in [5.74, 6) is -0.774. The molecule has 0 aliphatic heterocycles. The normalized spacial score (nSPS) is 11.7. The van der Waals surface area contributed by atoms with E-state index < -0.39 is 12.0 Å². The topological polar surface area (TPSA) is 78.4 Å². The Labute approximate surface area is 110 Å². The molecule has 3 N–H and O–H groups in total. The Kier molecular flexibility index (Phi) is 5.61. The van der Waals surface area contributed by atoms with Crippen LogP contribution in [0, 0.1) is 0 Å². The van der Waals surface area contributed by atoms with Crippen molar-refractivity contribution in [3.8, 4) is 0 Å². The number of carbonyl (C=O) groups excluding carboxylic acids is 2. The molecule has 0 bridgehead atoms. The Bertz CT molecular complexity index is 435. The van der Waals surface area contributed by atoms with Crippen molar-refractivity contribution >= 4 is 23.4 Å². The number of hydrogen-bond donors (Lipinski definition) is 3. The van der Waals surface area contributed by atoms with E-state index in [2.05, 4.69) is 10.6 Å². The zero-order chi connectivity index (χ0) is 13.5. The monoisotopic (exact) mass is 270 g/mol. The molecule has 2 amide bonds. The number of hydrogen-bond acceptors (Lipinski definition) is 3. The van der Waals surface area contributed by atoms with Crippen LogP contribution in [0.2, 0.25) is 5.02 Å². The minimum Gasteiger partial charge on any atom is -0.392 e. The second-order valence-corrected chi connectivity index (χ2v) is 4.22. The highest BCUT2D eigenvalue weighted by atomic mass is 35.5. The Morgan fingerprint density at radius 2 is 2.00 bits per heavy atom. The highest BCUT2D eigenvalue weighted by Gasteiger charge is 2.10. The van der Waals surface area contributed by atoms with Crippen molar-refractivity contribution in [2.45, 2.75) is 13.0 Å². The maximum absolute atomic E-state index is 11.7. The summed E-state index contributed by atoms with van der Waals surface area (Å²) in [7, 11) is 0. The van der Waals surface area contributed by atoms with E-state index in [0.29, 0.717) is 10.6 Å². The lowest BCUT2D eigenvalue weighted by Crippen LogP contribution is -2.39. The van der Waals surface area contributed by atoms with Crippen molar-refractivity contribution in [3.05, 3.63) is 34.9 Å². The molecule has 1 atom stereocenters. The van der Waals surface area contributed by atoms with Gasteiger partial charge in [0.25, 0.3) is 5.91 Å². The summed E-state index contributed by atoms with van der Waals surface area (Å²) in [5, 5.41) is 14.2. The van der Waals surface area contributed by atoms with Crippen molar-refractivity contribution in [3.63, 3.8) is 0 Å². The van der Waals surface area contributed by atoms with Crippen LogP contribution in [-0.2, 0) is 4.79 Å². The van der Waals surface area contributed by atoms with Gasteiger partial charge in [-0.15, -0.1) is 0 Å². The molecule has 0 saturated carbocycles. The zero-order valence-electron chi connectivity index (χ0n) is 9.94. The third-order valence-corrected chi connectivity index (χ3v) is 2.45. The van der Waals surface area contributed by atoms with E-state index in [4.69, 9.17) is 16.7 Å². The lowest BCUT2D eigenvalue weighted by Gasteiger charge is -2.08. The third kappa shape index (κ3) is 4.73. The van der Waals surface area contributed by atoms with Crippen LogP contribution in [0.4, 0.5) is 0 Å². The van der Waals surface area contributed by atoms with Crippen LogP contribution in [-0.4, -0.2) is 36.1 Å². The molecular weight excluding hydrogens is 256 g/mol. The number of nitrogens with one attached hydrogen (secondary N) is 2. The lowest BCUT2D eigenvalue weighted by molar-refractivity contribution is -0.120. The van der Waals surface area contributed by atoms with E-state index in [1.165, 1.54) is 0 Å². The Balaban J connectivity index is 2.42. The smallest absolute Gasteiger partial charge is 0.253 e. The third-order valence-electron chi connectivity index (χ3n) is 2.12. The number of aliphatic hydroxyl groups excluding tert-OH is 1. The number of carbonyl (C=O) groups is 2. The van der Waals surface area contributed by atoms with Gasteiger partial charge in [0.2, 0.25) is 5.91 Å². The van der Waals surface area contributed by atoms with Crippen LogP contribution < -0.4 is 10.6 Å². The van der Waals surface area contributed by atoms with E-state index in [-0.39, 0.29) is 19.0 Å². The first-order valence-corrected chi connectivity index (χ1v) is 5.86. The van der Waals surface area contributed by atoms with E-state index in [1.807, 2.05) is 0 Å². The molecule has 0 aliphatic carbocycles. The molecule has 0 heterocycles. The lowest BCUT2D eigenvalue weighted by atomic mass is 10.2. The Hall–Kier alpha value is -1.59. The Morgan fingerprint density at radius 1 is 1.33 bits per heavy atom. The fraction of sp³-hybridized carbons (Fsp3) is 0.333. The van der Waals surface area contributed by atoms with Gasteiger partial charge in [0, 0.05) is 6.54 Å². The van der Waals surface area contributed by atoms with Crippen LogP contribution in [0.1, 0.15) is 17.3 Å². The maximum Gasteiger partial charge on any atom is 0.253 e. The molecule has 1 aromatic carbocycles. The summed E-state index contributed by atoms with van der Waals surface area (Å²) in [4.78, 5) is 23.0. The molecule has 0 aliphatic rings. The summed E-state index contributed by atoms with van der Waals surface area (Å²) >= 11 is 5.84. The van der Waals surface area contributed by atoms with Gasteiger partial charge in [-0.3, -0.25) is 9.59 Å². The molecule has 0 saturated heterocycles. The largest absolute Gasteiger partial charge is 0.392 e. The highest BCUT2D eigenvalue weighted by Crippen LogP contribution is 2.14. The van der Waals surface area contributed by atoms with Gasteiger partial charge in [-0.25, -0.2) is 0 Å². The van der Waals surface area contributed by atoms with Gasteiger partial charge in [-0.05, 0) is 19.1 Å². The van der Waals surface area contributed by atoms with Gasteiger partial charge >= 0.3 is 0 Å². The summed E-state index contributed by atoms with van der Waals surface area (Å²) in [5.41, 5.74) is 0.322. The summed E-state index contributed by atoms with van der Waals surface area (Å²) in [6, 6.07) is 6.58. The van der Waals surface area contributed by atoms with Gasteiger partial charge in [0.15, 0.2) is 0 Å². The van der Waals surface area contributed by atoms with Crippen molar-refractivity contribution < 1.29 is 14.7 Å². The summed E-state index contributed by atoms with van der Waals surface area (Å²) in [6.45, 7) is 1.56. The number of amides is 2.